The smallest absolute Gasteiger partial charge is 0.267 e. The quantitative estimate of drug-likeness (QED) is 0.805. The van der Waals surface area contributed by atoms with E-state index in [1.165, 1.54) is 11.8 Å². The van der Waals surface area contributed by atoms with Gasteiger partial charge in [0.25, 0.3) is 5.91 Å². The summed E-state index contributed by atoms with van der Waals surface area (Å²) in [6.45, 7) is 0.564. The Morgan fingerprint density at radius 2 is 2.29 bits per heavy atom. The molecule has 5 nitrogen and oxygen atoms in total. The Morgan fingerprint density at radius 3 is 3.10 bits per heavy atom. The summed E-state index contributed by atoms with van der Waals surface area (Å²) in [6, 6.07) is 12.0. The average Bonchev–Trinajstić information content (AvgIpc) is 3.01. The number of hydrogen-bond donors (Lipinski definition) is 3. The number of rotatable bonds is 3. The van der Waals surface area contributed by atoms with E-state index in [2.05, 4.69) is 27.8 Å². The van der Waals surface area contributed by atoms with Crippen LogP contribution >= 0.6 is 0 Å². The Morgan fingerprint density at radius 1 is 1.43 bits per heavy atom. The summed E-state index contributed by atoms with van der Waals surface area (Å²) >= 11 is 0. The molecule has 1 aliphatic heterocycles. The van der Waals surface area contributed by atoms with Gasteiger partial charge in [-0.05, 0) is 30.5 Å². The second-order valence-corrected chi connectivity index (χ2v) is 5.16. The number of carbonyl (C=O) groups excluding carboxylic acids is 1. The van der Waals surface area contributed by atoms with E-state index >= 15 is 0 Å². The first-order valence-electron chi connectivity index (χ1n) is 6.97. The number of carbonyl (C=O) groups is 1. The topological polar surface area (TPSA) is 80.7 Å². The number of nitriles is 1. The molecular weight excluding hydrogens is 264 g/mol. The molecule has 2 aromatic rings. The van der Waals surface area contributed by atoms with Crippen LogP contribution in [0.5, 0.6) is 0 Å². The highest BCUT2D eigenvalue weighted by atomic mass is 16.1. The fourth-order valence-corrected chi connectivity index (χ4v) is 2.56. The van der Waals surface area contributed by atoms with E-state index in [0.717, 1.165) is 18.5 Å². The van der Waals surface area contributed by atoms with Crippen molar-refractivity contribution in [2.24, 2.45) is 0 Å². The first-order valence-corrected chi connectivity index (χ1v) is 6.97. The molecule has 106 valence electrons. The molecule has 0 fully saturated rings. The van der Waals surface area contributed by atoms with Gasteiger partial charge in [-0.25, -0.2) is 0 Å². The number of aryl methyl sites for hydroxylation is 1. The van der Waals surface area contributed by atoms with Gasteiger partial charge in [0.05, 0.1) is 5.56 Å². The molecule has 1 atom stereocenters. The number of benzene rings is 1. The van der Waals surface area contributed by atoms with Gasteiger partial charge in [0.1, 0.15) is 11.8 Å². The van der Waals surface area contributed by atoms with Gasteiger partial charge in [-0.2, -0.15) is 5.26 Å². The Balaban J connectivity index is 1.57. The molecule has 0 saturated heterocycles. The predicted molar refractivity (Wildman–Crippen MR) is 80.0 cm³/mol. The highest BCUT2D eigenvalue weighted by Crippen LogP contribution is 2.23. The summed E-state index contributed by atoms with van der Waals surface area (Å²) < 4.78 is 0. The number of hydrogen-bond acceptors (Lipinski definition) is 3. The van der Waals surface area contributed by atoms with Gasteiger partial charge in [-0.15, -0.1) is 0 Å². The molecule has 1 aromatic carbocycles. The summed E-state index contributed by atoms with van der Waals surface area (Å²) in [5.41, 5.74) is 3.35. The van der Waals surface area contributed by atoms with Crippen LogP contribution in [0.4, 0.5) is 5.69 Å². The summed E-state index contributed by atoms with van der Waals surface area (Å²) in [7, 11) is 0. The SMILES string of the molecule is N#Cc1c[nH]c(C(=O)NC[C@H]2CCc3ccccc3N2)c1. The van der Waals surface area contributed by atoms with E-state index in [-0.39, 0.29) is 11.9 Å². The number of anilines is 1. The van der Waals surface area contributed by atoms with Crippen molar-refractivity contribution in [2.75, 3.05) is 11.9 Å². The van der Waals surface area contributed by atoms with Gasteiger partial charge in [0.2, 0.25) is 0 Å². The second kappa shape index (κ2) is 5.71. The maximum absolute atomic E-state index is 12.0. The third kappa shape index (κ3) is 2.90. The van der Waals surface area contributed by atoms with Crippen LogP contribution in [-0.4, -0.2) is 23.5 Å². The maximum atomic E-state index is 12.0. The van der Waals surface area contributed by atoms with Crippen molar-refractivity contribution in [1.29, 1.82) is 5.26 Å². The number of para-hydroxylation sites is 1. The lowest BCUT2D eigenvalue weighted by Crippen LogP contribution is -2.38. The summed E-state index contributed by atoms with van der Waals surface area (Å²) in [6.07, 6.45) is 3.54. The van der Waals surface area contributed by atoms with Gasteiger partial charge in [0, 0.05) is 24.5 Å². The third-order valence-corrected chi connectivity index (χ3v) is 3.70. The van der Waals surface area contributed by atoms with Crippen molar-refractivity contribution >= 4 is 11.6 Å². The molecule has 0 aliphatic carbocycles. The Hall–Kier alpha value is -2.74. The van der Waals surface area contributed by atoms with Crippen LogP contribution in [0.2, 0.25) is 0 Å². The zero-order valence-electron chi connectivity index (χ0n) is 11.5. The van der Waals surface area contributed by atoms with E-state index in [0.29, 0.717) is 17.8 Å². The van der Waals surface area contributed by atoms with Crippen LogP contribution in [0.25, 0.3) is 0 Å². The lowest BCUT2D eigenvalue weighted by atomic mass is 9.98. The highest BCUT2D eigenvalue weighted by Gasteiger charge is 2.18. The zero-order valence-corrected chi connectivity index (χ0v) is 11.5. The minimum Gasteiger partial charge on any atom is -0.380 e. The number of H-pyrrole nitrogens is 1. The molecule has 1 aromatic heterocycles. The number of nitrogens with one attached hydrogen (secondary N) is 3. The first kappa shape index (κ1) is 13.3. The summed E-state index contributed by atoms with van der Waals surface area (Å²) in [4.78, 5) is 14.8. The molecule has 2 heterocycles. The van der Waals surface area contributed by atoms with Crippen molar-refractivity contribution in [3.63, 3.8) is 0 Å². The Labute approximate surface area is 123 Å². The Kier molecular flexibility index (Phi) is 3.61. The van der Waals surface area contributed by atoms with Crippen molar-refractivity contribution < 1.29 is 4.79 Å². The Bertz CT molecular complexity index is 698. The lowest BCUT2D eigenvalue weighted by molar-refractivity contribution is 0.0947. The highest BCUT2D eigenvalue weighted by molar-refractivity contribution is 5.92. The molecule has 5 heteroatoms. The molecule has 0 spiro atoms. The van der Waals surface area contributed by atoms with Crippen LogP contribution in [0, 0.1) is 11.3 Å². The minimum absolute atomic E-state index is 0.183. The van der Waals surface area contributed by atoms with E-state index in [1.54, 1.807) is 6.07 Å². The van der Waals surface area contributed by atoms with Gasteiger partial charge in [-0.3, -0.25) is 4.79 Å². The summed E-state index contributed by atoms with van der Waals surface area (Å²) in [5.74, 6) is -0.183. The van der Waals surface area contributed by atoms with Crippen LogP contribution in [-0.2, 0) is 6.42 Å². The van der Waals surface area contributed by atoms with Crippen LogP contribution in [0.3, 0.4) is 0 Å². The van der Waals surface area contributed by atoms with Crippen LogP contribution in [0.1, 0.15) is 28.0 Å². The van der Waals surface area contributed by atoms with E-state index in [4.69, 9.17) is 5.26 Å². The number of nitrogens with zero attached hydrogens (tertiary/aromatic N) is 1. The maximum Gasteiger partial charge on any atom is 0.267 e. The van der Waals surface area contributed by atoms with Gasteiger partial charge < -0.3 is 15.6 Å². The van der Waals surface area contributed by atoms with Crippen molar-refractivity contribution in [3.05, 3.63) is 53.3 Å². The number of aromatic amines is 1. The molecule has 3 N–H and O–H groups in total. The average molecular weight is 280 g/mol. The van der Waals surface area contributed by atoms with Crippen LogP contribution in [0.15, 0.2) is 36.5 Å². The molecular formula is C16H16N4O. The largest absolute Gasteiger partial charge is 0.380 e. The van der Waals surface area contributed by atoms with E-state index in [9.17, 15) is 4.79 Å². The first-order chi connectivity index (χ1) is 10.3. The number of amides is 1. The van der Waals surface area contributed by atoms with E-state index in [1.807, 2.05) is 18.2 Å². The van der Waals surface area contributed by atoms with Crippen molar-refractivity contribution in [3.8, 4) is 6.07 Å². The number of aromatic nitrogens is 1. The second-order valence-electron chi connectivity index (χ2n) is 5.16. The van der Waals surface area contributed by atoms with Crippen LogP contribution < -0.4 is 10.6 Å². The molecule has 3 rings (SSSR count). The zero-order chi connectivity index (χ0) is 14.7. The van der Waals surface area contributed by atoms with E-state index < -0.39 is 0 Å². The van der Waals surface area contributed by atoms with Gasteiger partial charge in [0.15, 0.2) is 0 Å². The molecule has 0 bridgehead atoms. The molecule has 1 amide bonds. The third-order valence-electron chi connectivity index (χ3n) is 3.70. The predicted octanol–water partition coefficient (Wildman–Crippen LogP) is 2.04. The van der Waals surface area contributed by atoms with Crippen molar-refractivity contribution in [1.82, 2.24) is 10.3 Å². The normalized spacial score (nSPS) is 16.4. The molecule has 0 unspecified atom stereocenters. The number of fused-ring (bicyclic) bond motifs is 1. The fraction of sp³-hybridized carbons (Fsp3) is 0.250. The fourth-order valence-electron chi connectivity index (χ4n) is 2.56. The van der Waals surface area contributed by atoms with Gasteiger partial charge >= 0.3 is 0 Å². The molecule has 21 heavy (non-hydrogen) atoms. The lowest BCUT2D eigenvalue weighted by Gasteiger charge is -2.27. The van der Waals surface area contributed by atoms with Gasteiger partial charge in [-0.1, -0.05) is 18.2 Å². The molecule has 0 saturated carbocycles. The molecule has 0 radical (unpaired) electrons. The minimum atomic E-state index is -0.183. The standard InChI is InChI=1S/C16H16N4O/c17-8-11-7-15(18-9-11)16(21)19-10-13-6-5-12-3-1-2-4-14(12)20-13/h1-4,7,9,13,18,20H,5-6,10H2,(H,19,21)/t13-/m1/s1. The monoisotopic (exact) mass is 280 g/mol. The molecule has 1 aliphatic rings. The van der Waals surface area contributed by atoms with Crippen molar-refractivity contribution in [2.45, 2.75) is 18.9 Å². The summed E-state index contributed by atoms with van der Waals surface area (Å²) in [5, 5.41) is 15.1.